The molecule has 0 saturated heterocycles. The fraction of sp³-hybridized carbons (Fsp3) is 0.100. The van der Waals surface area contributed by atoms with Crippen molar-refractivity contribution in [3.63, 3.8) is 0 Å². The van der Waals surface area contributed by atoms with Crippen LogP contribution in [0.2, 0.25) is 0 Å². The van der Waals surface area contributed by atoms with Crippen molar-refractivity contribution in [1.82, 2.24) is 5.32 Å². The molecule has 0 saturated carbocycles. The van der Waals surface area contributed by atoms with E-state index in [1.807, 2.05) is 0 Å². The SMILES string of the molecule is C=CC(=O)NCc1ccc([N+](=O)[O-])cc1B(O)O. The van der Waals surface area contributed by atoms with E-state index in [-0.39, 0.29) is 17.7 Å². The summed E-state index contributed by atoms with van der Waals surface area (Å²) in [5.41, 5.74) is 0.108. The average molecular weight is 250 g/mol. The van der Waals surface area contributed by atoms with E-state index in [1.165, 1.54) is 12.1 Å². The minimum absolute atomic E-state index is 0.0198. The van der Waals surface area contributed by atoms with Crippen LogP contribution in [0.1, 0.15) is 5.56 Å². The summed E-state index contributed by atoms with van der Waals surface area (Å²) in [4.78, 5) is 20.9. The third kappa shape index (κ3) is 3.40. The zero-order valence-corrected chi connectivity index (χ0v) is 9.37. The molecule has 0 aliphatic carbocycles. The van der Waals surface area contributed by atoms with Crippen molar-refractivity contribution in [2.75, 3.05) is 0 Å². The van der Waals surface area contributed by atoms with Gasteiger partial charge in [-0.1, -0.05) is 12.6 Å². The van der Waals surface area contributed by atoms with Crippen LogP contribution in [0.4, 0.5) is 5.69 Å². The summed E-state index contributed by atoms with van der Waals surface area (Å²) in [5.74, 6) is -0.424. The molecule has 18 heavy (non-hydrogen) atoms. The smallest absolute Gasteiger partial charge is 0.423 e. The molecule has 0 spiro atoms. The molecule has 0 aromatic heterocycles. The van der Waals surface area contributed by atoms with E-state index in [0.29, 0.717) is 5.56 Å². The lowest BCUT2D eigenvalue weighted by Crippen LogP contribution is -2.35. The molecule has 1 aromatic rings. The molecule has 0 atom stereocenters. The summed E-state index contributed by atoms with van der Waals surface area (Å²) in [5, 5.41) is 31.3. The lowest BCUT2D eigenvalue weighted by atomic mass is 9.76. The van der Waals surface area contributed by atoms with Gasteiger partial charge in [-0.25, -0.2) is 0 Å². The molecule has 0 bridgehead atoms. The predicted octanol–water partition coefficient (Wildman–Crippen LogP) is -0.923. The summed E-state index contributed by atoms with van der Waals surface area (Å²) < 4.78 is 0. The van der Waals surface area contributed by atoms with Gasteiger partial charge in [0.25, 0.3) is 5.69 Å². The molecular formula is C10H11BN2O5. The number of benzene rings is 1. The van der Waals surface area contributed by atoms with Crippen LogP contribution in [0.15, 0.2) is 30.9 Å². The molecule has 3 N–H and O–H groups in total. The Morgan fingerprint density at radius 1 is 1.56 bits per heavy atom. The van der Waals surface area contributed by atoms with Gasteiger partial charge in [0.05, 0.1) is 4.92 Å². The molecule has 94 valence electrons. The lowest BCUT2D eigenvalue weighted by molar-refractivity contribution is -0.384. The molecule has 0 aliphatic heterocycles. The maximum Gasteiger partial charge on any atom is 0.489 e. The molecule has 0 fully saturated rings. The Morgan fingerprint density at radius 2 is 2.22 bits per heavy atom. The van der Waals surface area contributed by atoms with Crippen LogP contribution >= 0.6 is 0 Å². The Kier molecular flexibility index (Phi) is 4.58. The number of nitro groups is 1. The third-order valence-electron chi connectivity index (χ3n) is 2.26. The van der Waals surface area contributed by atoms with Gasteiger partial charge in [-0.2, -0.15) is 0 Å². The number of amides is 1. The molecule has 1 aromatic carbocycles. The van der Waals surface area contributed by atoms with Crippen LogP contribution in [0, 0.1) is 10.1 Å². The summed E-state index contributed by atoms with van der Waals surface area (Å²) in [6.07, 6.45) is 1.07. The molecule has 1 amide bonds. The van der Waals surface area contributed by atoms with E-state index in [0.717, 1.165) is 12.1 Å². The van der Waals surface area contributed by atoms with E-state index in [1.54, 1.807) is 0 Å². The number of hydrogen-bond donors (Lipinski definition) is 3. The molecule has 0 unspecified atom stereocenters. The average Bonchev–Trinajstić information content (AvgIpc) is 2.35. The zero-order valence-electron chi connectivity index (χ0n) is 9.37. The van der Waals surface area contributed by atoms with Gasteiger partial charge in [0, 0.05) is 18.7 Å². The van der Waals surface area contributed by atoms with Gasteiger partial charge in [0.1, 0.15) is 0 Å². The highest BCUT2D eigenvalue weighted by molar-refractivity contribution is 6.59. The quantitative estimate of drug-likeness (QED) is 0.270. The van der Waals surface area contributed by atoms with Crippen molar-refractivity contribution in [2.45, 2.75) is 6.54 Å². The molecule has 7 nitrogen and oxygen atoms in total. The van der Waals surface area contributed by atoms with E-state index < -0.39 is 17.9 Å². The number of nitrogens with zero attached hydrogens (tertiary/aromatic N) is 1. The first kappa shape index (κ1) is 13.9. The van der Waals surface area contributed by atoms with E-state index >= 15 is 0 Å². The summed E-state index contributed by atoms with van der Waals surface area (Å²) in [6.45, 7) is 3.29. The number of carbonyl (C=O) groups excluding carboxylic acids is 1. The van der Waals surface area contributed by atoms with Gasteiger partial charge in [0.15, 0.2) is 0 Å². The topological polar surface area (TPSA) is 113 Å². The first-order chi connectivity index (χ1) is 8.45. The van der Waals surface area contributed by atoms with E-state index in [9.17, 15) is 14.9 Å². The number of nitrogens with one attached hydrogen (secondary N) is 1. The molecule has 0 radical (unpaired) electrons. The van der Waals surface area contributed by atoms with Gasteiger partial charge < -0.3 is 15.4 Å². The van der Waals surface area contributed by atoms with E-state index in [2.05, 4.69) is 11.9 Å². The highest BCUT2D eigenvalue weighted by Gasteiger charge is 2.20. The largest absolute Gasteiger partial charge is 0.489 e. The monoisotopic (exact) mass is 250 g/mol. The highest BCUT2D eigenvalue weighted by atomic mass is 16.6. The maximum absolute atomic E-state index is 11.0. The normalized spacial score (nSPS) is 9.67. The molecule has 0 heterocycles. The van der Waals surface area contributed by atoms with Gasteiger partial charge in [0.2, 0.25) is 5.91 Å². The van der Waals surface area contributed by atoms with Crippen molar-refractivity contribution in [3.8, 4) is 0 Å². The van der Waals surface area contributed by atoms with Crippen LogP contribution in [0.3, 0.4) is 0 Å². The summed E-state index contributed by atoms with van der Waals surface area (Å²) in [6, 6.07) is 3.64. The summed E-state index contributed by atoms with van der Waals surface area (Å²) >= 11 is 0. The Balaban J connectivity index is 3.00. The van der Waals surface area contributed by atoms with Gasteiger partial charge in [-0.15, -0.1) is 0 Å². The van der Waals surface area contributed by atoms with Crippen LogP contribution in [0.25, 0.3) is 0 Å². The predicted molar refractivity (Wildman–Crippen MR) is 65.0 cm³/mol. The van der Waals surface area contributed by atoms with Crippen molar-refractivity contribution in [3.05, 3.63) is 46.5 Å². The van der Waals surface area contributed by atoms with Crippen LogP contribution in [0.5, 0.6) is 0 Å². The maximum atomic E-state index is 11.0. The fourth-order valence-corrected chi connectivity index (χ4v) is 1.35. The first-order valence-electron chi connectivity index (χ1n) is 4.99. The highest BCUT2D eigenvalue weighted by Crippen LogP contribution is 2.10. The van der Waals surface area contributed by atoms with Crippen molar-refractivity contribution < 1.29 is 19.8 Å². The van der Waals surface area contributed by atoms with E-state index in [4.69, 9.17) is 10.0 Å². The van der Waals surface area contributed by atoms with Crippen molar-refractivity contribution in [2.24, 2.45) is 0 Å². The molecule has 0 aliphatic rings. The summed E-state index contributed by atoms with van der Waals surface area (Å²) in [7, 11) is -1.85. The zero-order chi connectivity index (χ0) is 13.7. The lowest BCUT2D eigenvalue weighted by Gasteiger charge is -2.09. The number of non-ortho nitro benzene ring substituents is 1. The second-order valence-corrected chi connectivity index (χ2v) is 3.44. The van der Waals surface area contributed by atoms with Crippen LogP contribution in [-0.2, 0) is 11.3 Å². The standard InChI is InChI=1S/C10H11BN2O5/c1-2-10(14)12-6-7-3-4-8(13(17)18)5-9(7)11(15)16/h2-5,15-16H,1,6H2,(H,12,14). The second-order valence-electron chi connectivity index (χ2n) is 3.44. The van der Waals surface area contributed by atoms with Crippen molar-refractivity contribution in [1.29, 1.82) is 0 Å². The minimum atomic E-state index is -1.85. The third-order valence-corrected chi connectivity index (χ3v) is 2.26. The second kappa shape index (κ2) is 5.94. The number of hydrogen-bond acceptors (Lipinski definition) is 5. The Bertz CT molecular complexity index is 489. The molecular weight excluding hydrogens is 239 g/mol. The first-order valence-corrected chi connectivity index (χ1v) is 4.99. The van der Waals surface area contributed by atoms with Crippen LogP contribution in [-0.4, -0.2) is 28.0 Å². The van der Waals surface area contributed by atoms with Crippen LogP contribution < -0.4 is 10.8 Å². The van der Waals surface area contributed by atoms with Gasteiger partial charge in [-0.3, -0.25) is 14.9 Å². The number of rotatable bonds is 5. The Labute approximate surface area is 103 Å². The Morgan fingerprint density at radius 3 is 2.72 bits per heavy atom. The van der Waals surface area contributed by atoms with Gasteiger partial charge in [-0.05, 0) is 17.1 Å². The fourth-order valence-electron chi connectivity index (χ4n) is 1.35. The number of nitro benzene ring substituents is 1. The van der Waals surface area contributed by atoms with Crippen molar-refractivity contribution >= 4 is 24.2 Å². The Hall–Kier alpha value is -2.19. The number of carbonyl (C=O) groups is 1. The molecule has 1 rings (SSSR count). The molecule has 8 heteroatoms. The minimum Gasteiger partial charge on any atom is -0.423 e. The van der Waals surface area contributed by atoms with Gasteiger partial charge >= 0.3 is 7.12 Å².